The predicted molar refractivity (Wildman–Crippen MR) is 114 cm³/mol. The zero-order chi connectivity index (χ0) is 22.4. The monoisotopic (exact) mass is 430 g/mol. The molecule has 0 spiro atoms. The SMILES string of the molecule is COC(=O)c1cc(OC)c(OC)cc1NC(=O)C1CCCN(Cc2ccccc2F)C1. The van der Waals surface area contributed by atoms with Gasteiger partial charge in [0.05, 0.1) is 38.5 Å². The molecule has 0 bridgehead atoms. The standard InChI is InChI=1S/C23H27FN2O5/c1-29-20-11-17(23(28)31-3)19(12-21(20)30-2)25-22(27)16-8-6-10-26(14-16)13-15-7-4-5-9-18(15)24/h4-5,7,9,11-12,16H,6,8,10,13-14H2,1-3H3,(H,25,27). The first kappa shape index (κ1) is 22.6. The van der Waals surface area contributed by atoms with Gasteiger partial charge in [-0.1, -0.05) is 18.2 Å². The quantitative estimate of drug-likeness (QED) is 0.678. The normalized spacial score (nSPS) is 16.5. The summed E-state index contributed by atoms with van der Waals surface area (Å²) in [5.74, 6) is -0.608. The van der Waals surface area contributed by atoms with Crippen LogP contribution in [0.3, 0.4) is 0 Å². The van der Waals surface area contributed by atoms with E-state index in [-0.39, 0.29) is 23.2 Å². The topological polar surface area (TPSA) is 77.1 Å². The minimum absolute atomic E-state index is 0.174. The van der Waals surface area contributed by atoms with Gasteiger partial charge < -0.3 is 19.5 Å². The lowest BCUT2D eigenvalue weighted by atomic mass is 9.96. The number of esters is 1. The van der Waals surface area contributed by atoms with Gasteiger partial charge in [-0.25, -0.2) is 9.18 Å². The van der Waals surface area contributed by atoms with E-state index >= 15 is 0 Å². The minimum atomic E-state index is -0.596. The average Bonchev–Trinajstić information content (AvgIpc) is 2.79. The van der Waals surface area contributed by atoms with Crippen LogP contribution in [0, 0.1) is 11.7 Å². The van der Waals surface area contributed by atoms with Crippen LogP contribution in [0.15, 0.2) is 36.4 Å². The highest BCUT2D eigenvalue weighted by atomic mass is 19.1. The molecule has 1 saturated heterocycles. The molecule has 1 atom stereocenters. The number of piperidine rings is 1. The summed E-state index contributed by atoms with van der Waals surface area (Å²) in [6.07, 6.45) is 1.53. The highest BCUT2D eigenvalue weighted by molar-refractivity contribution is 6.02. The number of benzene rings is 2. The summed E-state index contributed by atoms with van der Waals surface area (Å²) in [4.78, 5) is 27.3. The van der Waals surface area contributed by atoms with E-state index in [4.69, 9.17) is 14.2 Å². The summed E-state index contributed by atoms with van der Waals surface area (Å²) in [5, 5.41) is 2.84. The van der Waals surface area contributed by atoms with Gasteiger partial charge in [0.25, 0.3) is 0 Å². The van der Waals surface area contributed by atoms with Crippen molar-refractivity contribution in [2.24, 2.45) is 5.92 Å². The van der Waals surface area contributed by atoms with Gasteiger partial charge >= 0.3 is 5.97 Å². The molecule has 7 nitrogen and oxygen atoms in total. The molecule has 1 aliphatic heterocycles. The number of nitrogens with one attached hydrogen (secondary N) is 1. The maximum Gasteiger partial charge on any atom is 0.340 e. The van der Waals surface area contributed by atoms with Gasteiger partial charge in [-0.15, -0.1) is 0 Å². The summed E-state index contributed by atoms with van der Waals surface area (Å²) in [6.45, 7) is 1.74. The van der Waals surface area contributed by atoms with E-state index in [1.807, 2.05) is 0 Å². The van der Waals surface area contributed by atoms with Crippen LogP contribution in [-0.2, 0) is 16.1 Å². The Morgan fingerprint density at radius 3 is 2.52 bits per heavy atom. The predicted octanol–water partition coefficient (Wildman–Crippen LogP) is 3.48. The lowest BCUT2D eigenvalue weighted by molar-refractivity contribution is -0.121. The third kappa shape index (κ3) is 5.32. The van der Waals surface area contributed by atoms with Crippen molar-refractivity contribution < 1.29 is 28.2 Å². The number of carbonyl (C=O) groups excluding carboxylic acids is 2. The molecule has 8 heteroatoms. The highest BCUT2D eigenvalue weighted by Crippen LogP contribution is 2.34. The van der Waals surface area contributed by atoms with Gasteiger partial charge in [-0.05, 0) is 25.5 Å². The van der Waals surface area contributed by atoms with Gasteiger partial charge in [-0.3, -0.25) is 9.69 Å². The molecule has 0 aliphatic carbocycles. The van der Waals surface area contributed by atoms with Gasteiger partial charge in [0.2, 0.25) is 5.91 Å². The Hall–Kier alpha value is -3.13. The van der Waals surface area contributed by atoms with Crippen molar-refractivity contribution in [2.75, 3.05) is 39.7 Å². The number of halogens is 1. The summed E-state index contributed by atoms with van der Waals surface area (Å²) in [6, 6.07) is 9.68. The summed E-state index contributed by atoms with van der Waals surface area (Å²) >= 11 is 0. The molecule has 1 fully saturated rings. The van der Waals surface area contributed by atoms with Crippen molar-refractivity contribution in [2.45, 2.75) is 19.4 Å². The number of hydrogen-bond acceptors (Lipinski definition) is 6. The highest BCUT2D eigenvalue weighted by Gasteiger charge is 2.28. The second kappa shape index (κ2) is 10.3. The van der Waals surface area contributed by atoms with Crippen LogP contribution in [0.1, 0.15) is 28.8 Å². The fraction of sp³-hybridized carbons (Fsp3) is 0.391. The zero-order valence-electron chi connectivity index (χ0n) is 17.9. The smallest absolute Gasteiger partial charge is 0.340 e. The van der Waals surface area contributed by atoms with Gasteiger partial charge in [0.1, 0.15) is 5.82 Å². The maximum absolute atomic E-state index is 14.0. The first-order valence-electron chi connectivity index (χ1n) is 10.1. The van der Waals surface area contributed by atoms with E-state index in [0.29, 0.717) is 42.3 Å². The van der Waals surface area contributed by atoms with E-state index in [9.17, 15) is 14.0 Å². The van der Waals surface area contributed by atoms with Crippen molar-refractivity contribution >= 4 is 17.6 Å². The second-order valence-corrected chi connectivity index (χ2v) is 7.40. The largest absolute Gasteiger partial charge is 0.493 e. The summed E-state index contributed by atoms with van der Waals surface area (Å²) in [5.41, 5.74) is 1.07. The molecule has 31 heavy (non-hydrogen) atoms. The molecule has 1 aliphatic rings. The molecule has 1 N–H and O–H groups in total. The van der Waals surface area contributed by atoms with Crippen LogP contribution in [0.5, 0.6) is 11.5 Å². The molecule has 1 amide bonds. The fourth-order valence-corrected chi connectivity index (χ4v) is 3.78. The van der Waals surface area contributed by atoms with Crippen LogP contribution >= 0.6 is 0 Å². The summed E-state index contributed by atoms with van der Waals surface area (Å²) in [7, 11) is 4.21. The van der Waals surface area contributed by atoms with Gasteiger partial charge in [0.15, 0.2) is 11.5 Å². The molecular formula is C23H27FN2O5. The lowest BCUT2D eigenvalue weighted by Gasteiger charge is -2.32. The molecule has 2 aromatic carbocycles. The summed E-state index contributed by atoms with van der Waals surface area (Å²) < 4.78 is 29.4. The van der Waals surface area contributed by atoms with Crippen molar-refractivity contribution in [3.63, 3.8) is 0 Å². The Kier molecular flexibility index (Phi) is 7.46. The van der Waals surface area contributed by atoms with E-state index < -0.39 is 5.97 Å². The van der Waals surface area contributed by atoms with Crippen LogP contribution in [0.25, 0.3) is 0 Å². The van der Waals surface area contributed by atoms with Crippen LogP contribution < -0.4 is 14.8 Å². The van der Waals surface area contributed by atoms with E-state index in [0.717, 1.165) is 13.0 Å². The van der Waals surface area contributed by atoms with Crippen molar-refractivity contribution in [1.82, 2.24) is 4.90 Å². The Labute approximate surface area is 181 Å². The molecule has 166 valence electrons. The number of rotatable bonds is 7. The molecule has 0 aromatic heterocycles. The minimum Gasteiger partial charge on any atom is -0.493 e. The third-order valence-electron chi connectivity index (χ3n) is 5.41. The average molecular weight is 430 g/mol. The number of hydrogen-bond donors (Lipinski definition) is 1. The van der Waals surface area contributed by atoms with E-state index in [2.05, 4.69) is 10.2 Å². The second-order valence-electron chi connectivity index (χ2n) is 7.40. The fourth-order valence-electron chi connectivity index (χ4n) is 3.78. The van der Waals surface area contributed by atoms with Gasteiger partial charge in [0, 0.05) is 30.8 Å². The third-order valence-corrected chi connectivity index (χ3v) is 5.41. The number of nitrogens with zero attached hydrogens (tertiary/aromatic N) is 1. The Balaban J connectivity index is 1.75. The number of likely N-dealkylation sites (tertiary alicyclic amines) is 1. The first-order chi connectivity index (χ1) is 15.0. The van der Waals surface area contributed by atoms with E-state index in [1.165, 1.54) is 33.5 Å². The number of ether oxygens (including phenoxy) is 3. The maximum atomic E-state index is 14.0. The van der Waals surface area contributed by atoms with Crippen molar-refractivity contribution in [1.29, 1.82) is 0 Å². The van der Waals surface area contributed by atoms with Gasteiger partial charge in [-0.2, -0.15) is 0 Å². The van der Waals surface area contributed by atoms with E-state index in [1.54, 1.807) is 24.3 Å². The zero-order valence-corrected chi connectivity index (χ0v) is 17.9. The molecule has 3 rings (SSSR count). The van der Waals surface area contributed by atoms with Crippen LogP contribution in [0.2, 0.25) is 0 Å². The molecule has 2 aromatic rings. The van der Waals surface area contributed by atoms with Crippen LogP contribution in [0.4, 0.5) is 10.1 Å². The molecule has 0 saturated carbocycles. The molecule has 1 unspecified atom stereocenters. The molecule has 1 heterocycles. The number of amides is 1. The molecule has 0 radical (unpaired) electrons. The first-order valence-corrected chi connectivity index (χ1v) is 10.1. The Bertz CT molecular complexity index is 950. The Morgan fingerprint density at radius 2 is 1.84 bits per heavy atom. The number of carbonyl (C=O) groups is 2. The van der Waals surface area contributed by atoms with Crippen LogP contribution in [-0.4, -0.2) is 51.2 Å². The lowest BCUT2D eigenvalue weighted by Crippen LogP contribution is -2.40. The van der Waals surface area contributed by atoms with Crippen molar-refractivity contribution in [3.8, 4) is 11.5 Å². The van der Waals surface area contributed by atoms with Crippen molar-refractivity contribution in [3.05, 3.63) is 53.3 Å². The Morgan fingerprint density at radius 1 is 1.13 bits per heavy atom. The number of methoxy groups -OCH3 is 3. The number of anilines is 1. The molecular weight excluding hydrogens is 403 g/mol.